The Morgan fingerprint density at radius 2 is 2.26 bits per heavy atom. The van der Waals surface area contributed by atoms with E-state index >= 15 is 0 Å². The quantitative estimate of drug-likeness (QED) is 0.913. The molecule has 1 aliphatic heterocycles. The van der Waals surface area contributed by atoms with Crippen LogP contribution in [0.15, 0.2) is 18.3 Å². The van der Waals surface area contributed by atoms with Gasteiger partial charge in [0.1, 0.15) is 11.3 Å². The van der Waals surface area contributed by atoms with E-state index in [4.69, 9.17) is 4.98 Å². The molecule has 2 aromatic heterocycles. The fourth-order valence-electron chi connectivity index (χ4n) is 3.16. The number of aromatic nitrogens is 3. The van der Waals surface area contributed by atoms with E-state index in [-0.39, 0.29) is 0 Å². The van der Waals surface area contributed by atoms with Crippen LogP contribution in [0.4, 0.5) is 0 Å². The minimum atomic E-state index is 0.664. The SMILES string of the molecule is c1cnc2c(c1)nc(CCC1CCNC1)n2C1CC1. The van der Waals surface area contributed by atoms with Crippen LogP contribution < -0.4 is 5.32 Å². The van der Waals surface area contributed by atoms with Crippen molar-refractivity contribution in [3.8, 4) is 0 Å². The van der Waals surface area contributed by atoms with Crippen LogP contribution in [0.1, 0.15) is 37.5 Å². The highest BCUT2D eigenvalue weighted by Gasteiger charge is 2.29. The molecule has 0 aromatic carbocycles. The molecule has 1 aliphatic carbocycles. The lowest BCUT2D eigenvalue weighted by molar-refractivity contribution is 0.515. The number of nitrogens with one attached hydrogen (secondary N) is 1. The summed E-state index contributed by atoms with van der Waals surface area (Å²) in [5.74, 6) is 2.09. The molecule has 1 atom stereocenters. The number of aryl methyl sites for hydroxylation is 1. The van der Waals surface area contributed by atoms with E-state index in [1.54, 1.807) is 0 Å². The highest BCUT2D eigenvalue weighted by molar-refractivity contribution is 5.71. The van der Waals surface area contributed by atoms with Crippen LogP contribution in [0.5, 0.6) is 0 Å². The minimum Gasteiger partial charge on any atom is -0.316 e. The van der Waals surface area contributed by atoms with Gasteiger partial charge in [0.2, 0.25) is 0 Å². The Morgan fingerprint density at radius 3 is 3.05 bits per heavy atom. The normalized spacial score (nSPS) is 23.3. The molecule has 19 heavy (non-hydrogen) atoms. The topological polar surface area (TPSA) is 42.7 Å². The third-order valence-corrected chi connectivity index (χ3v) is 4.37. The van der Waals surface area contributed by atoms with Gasteiger partial charge < -0.3 is 9.88 Å². The summed E-state index contributed by atoms with van der Waals surface area (Å²) in [5, 5.41) is 3.45. The van der Waals surface area contributed by atoms with E-state index in [1.165, 1.54) is 44.6 Å². The number of fused-ring (bicyclic) bond motifs is 1. The average Bonchev–Trinajstić information content (AvgIpc) is 3.02. The summed E-state index contributed by atoms with van der Waals surface area (Å²) in [6, 6.07) is 4.73. The number of hydrogen-bond acceptors (Lipinski definition) is 3. The van der Waals surface area contributed by atoms with Crippen molar-refractivity contribution in [2.45, 2.75) is 38.1 Å². The first kappa shape index (κ1) is 11.4. The van der Waals surface area contributed by atoms with Crippen LogP contribution in [0, 0.1) is 5.92 Å². The van der Waals surface area contributed by atoms with Gasteiger partial charge in [0, 0.05) is 18.7 Å². The first-order chi connectivity index (χ1) is 9.42. The van der Waals surface area contributed by atoms with E-state index in [0.29, 0.717) is 6.04 Å². The molecule has 1 saturated carbocycles. The van der Waals surface area contributed by atoms with Gasteiger partial charge in [0.05, 0.1) is 0 Å². The number of rotatable bonds is 4. The number of nitrogens with zero attached hydrogens (tertiary/aromatic N) is 3. The fourth-order valence-corrected chi connectivity index (χ4v) is 3.16. The van der Waals surface area contributed by atoms with Crippen LogP contribution >= 0.6 is 0 Å². The summed E-state index contributed by atoms with van der Waals surface area (Å²) >= 11 is 0. The van der Waals surface area contributed by atoms with Gasteiger partial charge in [-0.15, -0.1) is 0 Å². The summed E-state index contributed by atoms with van der Waals surface area (Å²) in [7, 11) is 0. The lowest BCUT2D eigenvalue weighted by Crippen LogP contribution is -2.11. The molecule has 0 spiro atoms. The third-order valence-electron chi connectivity index (χ3n) is 4.37. The molecule has 0 radical (unpaired) electrons. The van der Waals surface area contributed by atoms with Crippen molar-refractivity contribution in [2.75, 3.05) is 13.1 Å². The Hall–Kier alpha value is -1.42. The van der Waals surface area contributed by atoms with Crippen molar-refractivity contribution in [1.82, 2.24) is 19.9 Å². The molecule has 0 amide bonds. The van der Waals surface area contributed by atoms with E-state index < -0.39 is 0 Å². The number of hydrogen-bond donors (Lipinski definition) is 1. The Labute approximate surface area is 113 Å². The zero-order chi connectivity index (χ0) is 12.7. The molecule has 1 N–H and O–H groups in total. The maximum absolute atomic E-state index is 4.81. The van der Waals surface area contributed by atoms with Gasteiger partial charge in [-0.05, 0) is 56.8 Å². The van der Waals surface area contributed by atoms with Gasteiger partial charge in [0.15, 0.2) is 5.65 Å². The van der Waals surface area contributed by atoms with E-state index in [0.717, 1.165) is 23.5 Å². The van der Waals surface area contributed by atoms with Crippen molar-refractivity contribution in [1.29, 1.82) is 0 Å². The minimum absolute atomic E-state index is 0.664. The Kier molecular flexibility index (Phi) is 2.76. The van der Waals surface area contributed by atoms with Crippen LogP contribution in [0.25, 0.3) is 11.2 Å². The molecule has 1 unspecified atom stereocenters. The highest BCUT2D eigenvalue weighted by Crippen LogP contribution is 2.38. The van der Waals surface area contributed by atoms with Crippen LogP contribution in [0.3, 0.4) is 0 Å². The van der Waals surface area contributed by atoms with Crippen molar-refractivity contribution in [3.05, 3.63) is 24.2 Å². The molecule has 4 rings (SSSR count). The summed E-state index contributed by atoms with van der Waals surface area (Å²) in [6.45, 7) is 2.37. The molecule has 0 bridgehead atoms. The first-order valence-corrected chi connectivity index (χ1v) is 7.44. The van der Waals surface area contributed by atoms with E-state index in [1.807, 2.05) is 12.3 Å². The van der Waals surface area contributed by atoms with Crippen molar-refractivity contribution in [2.24, 2.45) is 5.92 Å². The largest absolute Gasteiger partial charge is 0.316 e. The highest BCUT2D eigenvalue weighted by atomic mass is 15.2. The Morgan fingerprint density at radius 1 is 1.32 bits per heavy atom. The monoisotopic (exact) mass is 256 g/mol. The second-order valence-electron chi connectivity index (χ2n) is 5.87. The van der Waals surface area contributed by atoms with E-state index in [2.05, 4.69) is 20.9 Å². The van der Waals surface area contributed by atoms with E-state index in [9.17, 15) is 0 Å². The second-order valence-corrected chi connectivity index (χ2v) is 5.87. The van der Waals surface area contributed by atoms with Crippen LogP contribution in [-0.2, 0) is 6.42 Å². The van der Waals surface area contributed by atoms with Gasteiger partial charge in [0.25, 0.3) is 0 Å². The van der Waals surface area contributed by atoms with Gasteiger partial charge in [-0.25, -0.2) is 9.97 Å². The Balaban J connectivity index is 1.62. The lowest BCUT2D eigenvalue weighted by atomic mass is 10.0. The van der Waals surface area contributed by atoms with Crippen molar-refractivity contribution < 1.29 is 0 Å². The van der Waals surface area contributed by atoms with Gasteiger partial charge in [-0.2, -0.15) is 0 Å². The predicted molar refractivity (Wildman–Crippen MR) is 75.1 cm³/mol. The van der Waals surface area contributed by atoms with Gasteiger partial charge >= 0.3 is 0 Å². The standard InChI is InChI=1S/C15H20N4/c1-2-13-15(17-8-1)19(12-4-5-12)14(18-13)6-3-11-7-9-16-10-11/h1-2,8,11-12,16H,3-7,9-10H2. The second kappa shape index (κ2) is 4.60. The summed E-state index contributed by atoms with van der Waals surface area (Å²) < 4.78 is 2.40. The van der Waals surface area contributed by atoms with Crippen LogP contribution in [0.2, 0.25) is 0 Å². The van der Waals surface area contributed by atoms with Crippen molar-refractivity contribution in [3.63, 3.8) is 0 Å². The summed E-state index contributed by atoms with van der Waals surface area (Å²) in [6.07, 6.45) is 8.14. The Bertz CT molecular complexity index is 579. The smallest absolute Gasteiger partial charge is 0.160 e. The van der Waals surface area contributed by atoms with Gasteiger partial charge in [-0.1, -0.05) is 0 Å². The zero-order valence-electron chi connectivity index (χ0n) is 11.2. The molecule has 100 valence electrons. The molecule has 3 heterocycles. The maximum Gasteiger partial charge on any atom is 0.160 e. The molecular formula is C15H20N4. The predicted octanol–water partition coefficient (Wildman–Crippen LogP) is 2.31. The molecule has 4 nitrogen and oxygen atoms in total. The maximum atomic E-state index is 4.81. The first-order valence-electron chi connectivity index (χ1n) is 7.44. The fraction of sp³-hybridized carbons (Fsp3) is 0.600. The molecule has 2 aromatic rings. The third kappa shape index (κ3) is 2.14. The molecule has 2 aliphatic rings. The summed E-state index contributed by atoms with van der Waals surface area (Å²) in [4.78, 5) is 9.35. The molecule has 2 fully saturated rings. The average molecular weight is 256 g/mol. The summed E-state index contributed by atoms with van der Waals surface area (Å²) in [5.41, 5.74) is 2.15. The van der Waals surface area contributed by atoms with Crippen LogP contribution in [-0.4, -0.2) is 27.6 Å². The lowest BCUT2D eigenvalue weighted by Gasteiger charge is -2.09. The number of imidazole rings is 1. The van der Waals surface area contributed by atoms with Gasteiger partial charge in [-0.3, -0.25) is 0 Å². The number of pyridine rings is 1. The molecular weight excluding hydrogens is 236 g/mol. The molecule has 4 heteroatoms. The molecule has 1 saturated heterocycles. The zero-order valence-corrected chi connectivity index (χ0v) is 11.2. The van der Waals surface area contributed by atoms with Crippen molar-refractivity contribution >= 4 is 11.2 Å².